The maximum atomic E-state index is 12.9. The van der Waals surface area contributed by atoms with Gasteiger partial charge < -0.3 is 14.2 Å². The van der Waals surface area contributed by atoms with E-state index in [1.165, 1.54) is 167 Å². The summed E-state index contributed by atoms with van der Waals surface area (Å²) in [6.45, 7) is 6.49. The lowest BCUT2D eigenvalue weighted by atomic mass is 10.0. The number of ether oxygens (including phenoxy) is 3. The van der Waals surface area contributed by atoms with Gasteiger partial charge in [-0.15, -0.1) is 0 Å². The number of hydrogen-bond donors (Lipinski definition) is 0. The van der Waals surface area contributed by atoms with Gasteiger partial charge >= 0.3 is 17.9 Å². The molecular formula is C70H120O6. The highest BCUT2D eigenvalue weighted by atomic mass is 16.6. The van der Waals surface area contributed by atoms with Gasteiger partial charge in [0.05, 0.1) is 0 Å². The summed E-state index contributed by atoms with van der Waals surface area (Å²) in [5.41, 5.74) is 0. The van der Waals surface area contributed by atoms with Gasteiger partial charge in [0.25, 0.3) is 0 Å². The van der Waals surface area contributed by atoms with Crippen molar-refractivity contribution in [3.63, 3.8) is 0 Å². The molecule has 0 rings (SSSR count). The van der Waals surface area contributed by atoms with Crippen LogP contribution in [0, 0.1) is 0 Å². The smallest absolute Gasteiger partial charge is 0.306 e. The Bertz CT molecular complexity index is 1490. The van der Waals surface area contributed by atoms with Crippen molar-refractivity contribution in [3.8, 4) is 0 Å². The zero-order valence-electron chi connectivity index (χ0n) is 50.0. The Balaban J connectivity index is 4.14. The van der Waals surface area contributed by atoms with Crippen molar-refractivity contribution in [1.29, 1.82) is 0 Å². The molecule has 0 aromatic rings. The van der Waals surface area contributed by atoms with Gasteiger partial charge in [-0.05, 0) is 103 Å². The van der Waals surface area contributed by atoms with Crippen LogP contribution in [-0.4, -0.2) is 37.2 Å². The third-order valence-electron chi connectivity index (χ3n) is 13.8. The molecule has 0 spiro atoms. The molecule has 6 nitrogen and oxygen atoms in total. The molecule has 76 heavy (non-hydrogen) atoms. The number of esters is 3. The fourth-order valence-electron chi connectivity index (χ4n) is 9.01. The normalized spacial score (nSPS) is 12.7. The summed E-state index contributed by atoms with van der Waals surface area (Å²) in [6, 6.07) is 0. The lowest BCUT2D eigenvalue weighted by Gasteiger charge is -2.18. The van der Waals surface area contributed by atoms with Crippen LogP contribution < -0.4 is 0 Å². The van der Waals surface area contributed by atoms with Crippen LogP contribution in [0.25, 0.3) is 0 Å². The van der Waals surface area contributed by atoms with Gasteiger partial charge in [-0.2, -0.15) is 0 Å². The summed E-state index contributed by atoms with van der Waals surface area (Å²) in [4.78, 5) is 38.1. The number of unbranched alkanes of at least 4 members (excludes halogenated alkanes) is 31. The van der Waals surface area contributed by atoms with Crippen molar-refractivity contribution in [2.24, 2.45) is 0 Å². The average Bonchev–Trinajstić information content (AvgIpc) is 3.42. The van der Waals surface area contributed by atoms with Crippen molar-refractivity contribution in [2.75, 3.05) is 13.2 Å². The van der Waals surface area contributed by atoms with Crippen molar-refractivity contribution in [1.82, 2.24) is 0 Å². The van der Waals surface area contributed by atoms with Crippen LogP contribution in [-0.2, 0) is 28.6 Å². The fraction of sp³-hybridized carbons (Fsp3) is 0.729. The van der Waals surface area contributed by atoms with Gasteiger partial charge in [0.2, 0.25) is 0 Å². The highest BCUT2D eigenvalue weighted by Gasteiger charge is 2.19. The van der Waals surface area contributed by atoms with Crippen LogP contribution in [0.15, 0.2) is 97.2 Å². The molecule has 0 amide bonds. The zero-order valence-corrected chi connectivity index (χ0v) is 50.0. The van der Waals surface area contributed by atoms with E-state index in [1.54, 1.807) is 0 Å². The summed E-state index contributed by atoms with van der Waals surface area (Å²) in [5, 5.41) is 0. The number of allylic oxidation sites excluding steroid dienone is 16. The van der Waals surface area contributed by atoms with Crippen molar-refractivity contribution < 1.29 is 28.6 Å². The topological polar surface area (TPSA) is 78.9 Å². The van der Waals surface area contributed by atoms with Crippen LogP contribution in [0.1, 0.15) is 310 Å². The molecule has 6 heteroatoms. The second-order valence-electron chi connectivity index (χ2n) is 21.3. The third-order valence-corrected chi connectivity index (χ3v) is 13.8. The van der Waals surface area contributed by atoms with E-state index in [0.29, 0.717) is 19.3 Å². The van der Waals surface area contributed by atoms with E-state index in [4.69, 9.17) is 14.2 Å². The maximum Gasteiger partial charge on any atom is 0.306 e. The lowest BCUT2D eigenvalue weighted by Crippen LogP contribution is -2.30. The van der Waals surface area contributed by atoms with Gasteiger partial charge in [0.15, 0.2) is 6.10 Å². The monoisotopic (exact) mass is 1060 g/mol. The molecule has 1 atom stereocenters. The second-order valence-corrected chi connectivity index (χ2v) is 21.3. The van der Waals surface area contributed by atoms with Crippen molar-refractivity contribution >= 4 is 17.9 Å². The van der Waals surface area contributed by atoms with E-state index in [0.717, 1.165) is 103 Å². The van der Waals surface area contributed by atoms with Gasteiger partial charge in [-0.25, -0.2) is 0 Å². The maximum absolute atomic E-state index is 12.9. The largest absolute Gasteiger partial charge is 0.462 e. The number of carbonyl (C=O) groups is 3. The Hall–Kier alpha value is -3.67. The van der Waals surface area contributed by atoms with Crippen molar-refractivity contribution in [2.45, 2.75) is 316 Å². The summed E-state index contributed by atoms with van der Waals surface area (Å²) in [6.07, 6.45) is 85.7. The summed E-state index contributed by atoms with van der Waals surface area (Å²) in [7, 11) is 0. The van der Waals surface area contributed by atoms with E-state index in [2.05, 4.69) is 118 Å². The molecule has 1 unspecified atom stereocenters. The first kappa shape index (κ1) is 72.3. The number of rotatable bonds is 58. The minimum atomic E-state index is -0.778. The number of hydrogen-bond acceptors (Lipinski definition) is 6. The molecule has 0 saturated heterocycles. The Morgan fingerprint density at radius 2 is 0.513 bits per heavy atom. The SMILES string of the molecule is CC/C=C\C/C=C\C/C=C\C/C=C\C/C=C\C/C=C\CCCCCCCCCCCCCCC(=O)OCC(COC(=O)CCCCCCCCCC)OC(=O)CCCCCCCCCCC/C=C\C/C=C\CCCCC. The summed E-state index contributed by atoms with van der Waals surface area (Å²) < 4.78 is 16.9. The first-order valence-corrected chi connectivity index (χ1v) is 32.2. The van der Waals surface area contributed by atoms with Gasteiger partial charge in [-0.1, -0.05) is 285 Å². The Labute approximate surface area is 470 Å². The molecule has 0 aromatic carbocycles. The highest BCUT2D eigenvalue weighted by molar-refractivity contribution is 5.71. The average molecular weight is 1060 g/mol. The zero-order chi connectivity index (χ0) is 55.0. The Morgan fingerprint density at radius 3 is 0.829 bits per heavy atom. The predicted octanol–water partition coefficient (Wildman–Crippen LogP) is 22.0. The van der Waals surface area contributed by atoms with Crippen LogP contribution in [0.2, 0.25) is 0 Å². The Kier molecular flexibility index (Phi) is 60.8. The van der Waals surface area contributed by atoms with E-state index in [-0.39, 0.29) is 31.1 Å². The van der Waals surface area contributed by atoms with Crippen LogP contribution in [0.5, 0.6) is 0 Å². The second kappa shape index (κ2) is 63.9. The van der Waals surface area contributed by atoms with Crippen LogP contribution >= 0.6 is 0 Å². The summed E-state index contributed by atoms with van der Waals surface area (Å²) in [5.74, 6) is -0.878. The highest BCUT2D eigenvalue weighted by Crippen LogP contribution is 2.16. The van der Waals surface area contributed by atoms with Crippen LogP contribution in [0.3, 0.4) is 0 Å². The van der Waals surface area contributed by atoms with E-state index in [1.807, 2.05) is 0 Å². The standard InChI is InChI=1S/C70H120O6/c1-4-7-10-13-16-19-21-23-25-27-29-30-31-32-33-34-35-36-37-38-39-40-42-43-45-47-49-51-54-57-60-63-69(72)75-66-67(65-74-68(71)62-59-56-53-18-15-12-9-6-3)76-70(73)64-61-58-55-52-50-48-46-44-41-28-26-24-22-20-17-14-11-8-5-2/h7,10,16-17,19-20,23-26,29-30,32-33,35-36,67H,4-6,8-9,11-15,18,21-22,27-28,31,34,37-66H2,1-3H3/b10-7-,19-16-,20-17-,25-23-,26-24-,30-29-,33-32-,36-35-. The predicted molar refractivity (Wildman–Crippen MR) is 330 cm³/mol. The van der Waals surface area contributed by atoms with E-state index >= 15 is 0 Å². The summed E-state index contributed by atoms with van der Waals surface area (Å²) >= 11 is 0. The fourth-order valence-corrected chi connectivity index (χ4v) is 9.01. The van der Waals surface area contributed by atoms with Gasteiger partial charge in [0, 0.05) is 19.3 Å². The van der Waals surface area contributed by atoms with Crippen molar-refractivity contribution in [3.05, 3.63) is 97.2 Å². The molecule has 0 aliphatic carbocycles. The van der Waals surface area contributed by atoms with E-state index < -0.39 is 6.10 Å². The molecule has 0 aliphatic rings. The molecule has 0 N–H and O–H groups in total. The molecule has 0 aromatic heterocycles. The quantitative estimate of drug-likeness (QED) is 0.0261. The van der Waals surface area contributed by atoms with Crippen LogP contribution in [0.4, 0.5) is 0 Å². The molecule has 0 bridgehead atoms. The molecule has 0 saturated carbocycles. The minimum Gasteiger partial charge on any atom is -0.462 e. The Morgan fingerprint density at radius 1 is 0.276 bits per heavy atom. The molecule has 436 valence electrons. The molecule has 0 fully saturated rings. The molecule has 0 radical (unpaired) electrons. The first-order valence-electron chi connectivity index (χ1n) is 32.2. The lowest BCUT2D eigenvalue weighted by molar-refractivity contribution is -0.167. The third kappa shape index (κ3) is 61.2. The van der Waals surface area contributed by atoms with Gasteiger partial charge in [0.1, 0.15) is 13.2 Å². The first-order chi connectivity index (χ1) is 37.5. The molecule has 0 heterocycles. The number of carbonyl (C=O) groups excluding carboxylic acids is 3. The van der Waals surface area contributed by atoms with E-state index in [9.17, 15) is 14.4 Å². The molecule has 0 aliphatic heterocycles. The minimum absolute atomic E-state index is 0.0766. The molecular weight excluding hydrogens is 937 g/mol. The van der Waals surface area contributed by atoms with Gasteiger partial charge in [-0.3, -0.25) is 14.4 Å².